The number of nitrogens with zero attached hydrogens (tertiary/aromatic N) is 6. The third-order valence-electron chi connectivity index (χ3n) is 9.66. The van der Waals surface area contributed by atoms with Gasteiger partial charge < -0.3 is 19.6 Å². The van der Waals surface area contributed by atoms with E-state index >= 15 is 0 Å². The molecule has 10 nitrogen and oxygen atoms in total. The summed E-state index contributed by atoms with van der Waals surface area (Å²) in [5.74, 6) is 0.771. The molecule has 3 aliphatic carbocycles. The lowest BCUT2D eigenvalue weighted by molar-refractivity contribution is 0.0700. The highest BCUT2D eigenvalue weighted by molar-refractivity contribution is 7.92. The summed E-state index contributed by atoms with van der Waals surface area (Å²) in [6.07, 6.45) is 8.86. The fraction of sp³-hybridized carbons (Fsp3) is 0.500. The standard InChI is InChI=1S/C30H33F2N7O3S/c1-43(41,42)39(30(31)32)23-9-7-18-12-22(37(28(18)35-23)14-16-2-3-16)26-27(17-4-5-17)36-11-10-19(13-24(36)34-26)29(40)38-15-20-6-8-21(38)25(20)33/h7,9-13,16-17,20-21,25,30H,2-6,8,14-15,33H2,1H3. The molecule has 4 aliphatic rings. The van der Waals surface area contributed by atoms with E-state index < -0.39 is 16.6 Å². The number of hydrogen-bond acceptors (Lipinski definition) is 6. The maximum absolute atomic E-state index is 13.8. The van der Waals surface area contributed by atoms with Crippen molar-refractivity contribution in [3.63, 3.8) is 0 Å². The van der Waals surface area contributed by atoms with Crippen LogP contribution >= 0.6 is 0 Å². The number of rotatable bonds is 8. The van der Waals surface area contributed by atoms with E-state index in [1.165, 1.54) is 6.07 Å². The molecule has 2 N–H and O–H groups in total. The quantitative estimate of drug-likeness (QED) is 0.300. The molecular weight excluding hydrogens is 576 g/mol. The predicted molar refractivity (Wildman–Crippen MR) is 157 cm³/mol. The largest absolute Gasteiger partial charge is 0.334 e. The molecule has 1 saturated heterocycles. The molecule has 3 unspecified atom stereocenters. The molecule has 4 fully saturated rings. The molecule has 0 spiro atoms. The zero-order chi connectivity index (χ0) is 29.8. The van der Waals surface area contributed by atoms with Gasteiger partial charge in [0.2, 0.25) is 10.0 Å². The van der Waals surface area contributed by atoms with Crippen molar-refractivity contribution in [3.8, 4) is 11.4 Å². The van der Waals surface area contributed by atoms with Crippen LogP contribution in [0.3, 0.4) is 0 Å². The third-order valence-corrected chi connectivity index (χ3v) is 10.7. The number of fused-ring (bicyclic) bond motifs is 4. The van der Waals surface area contributed by atoms with Gasteiger partial charge in [-0.05, 0) is 80.7 Å². The molecule has 226 valence electrons. The average Bonchev–Trinajstić information content (AvgIpc) is 3.86. The highest BCUT2D eigenvalue weighted by Crippen LogP contribution is 2.46. The van der Waals surface area contributed by atoms with Gasteiger partial charge in [0.25, 0.3) is 5.91 Å². The molecule has 3 atom stereocenters. The van der Waals surface area contributed by atoms with E-state index in [1.54, 1.807) is 6.07 Å². The number of sulfonamides is 1. The Morgan fingerprint density at radius 2 is 1.88 bits per heavy atom. The molecule has 0 aromatic carbocycles. The number of pyridine rings is 2. The summed E-state index contributed by atoms with van der Waals surface area (Å²) in [6, 6.07) is 8.77. The SMILES string of the molecule is CS(=O)(=O)N(c1ccc2cc(-c3nc4cc(C(=O)N5CC6CCC5C6N)ccn4c3C3CC3)n(CC3CC3)c2n1)C(F)F. The molecule has 3 saturated carbocycles. The highest BCUT2D eigenvalue weighted by Gasteiger charge is 2.47. The van der Waals surface area contributed by atoms with Gasteiger partial charge in [0, 0.05) is 48.2 Å². The molecule has 5 heterocycles. The van der Waals surface area contributed by atoms with Crippen molar-refractivity contribution >= 4 is 38.4 Å². The fourth-order valence-corrected chi connectivity index (χ4v) is 7.91. The van der Waals surface area contributed by atoms with Gasteiger partial charge in [0.1, 0.15) is 22.8 Å². The van der Waals surface area contributed by atoms with Crippen molar-refractivity contribution in [2.24, 2.45) is 17.6 Å². The van der Waals surface area contributed by atoms with Gasteiger partial charge in [0.15, 0.2) is 0 Å². The van der Waals surface area contributed by atoms with Gasteiger partial charge >= 0.3 is 6.55 Å². The summed E-state index contributed by atoms with van der Waals surface area (Å²) in [6.45, 7) is -1.93. The minimum atomic E-state index is -4.25. The minimum Gasteiger partial charge on any atom is -0.334 e. The monoisotopic (exact) mass is 609 g/mol. The Morgan fingerprint density at radius 3 is 2.51 bits per heavy atom. The van der Waals surface area contributed by atoms with Crippen LogP contribution in [0.5, 0.6) is 0 Å². The second-order valence-electron chi connectivity index (χ2n) is 12.7. The Hall–Kier alpha value is -3.58. The number of carbonyl (C=O) groups is 1. The number of piperidine rings is 1. The van der Waals surface area contributed by atoms with Crippen molar-refractivity contribution < 1.29 is 22.0 Å². The molecule has 0 radical (unpaired) electrons. The minimum absolute atomic E-state index is 0.0169. The van der Waals surface area contributed by atoms with E-state index in [-0.39, 0.29) is 28.1 Å². The van der Waals surface area contributed by atoms with E-state index in [2.05, 4.69) is 9.38 Å². The molecule has 1 aliphatic heterocycles. The Bertz CT molecular complexity index is 1900. The molecule has 1 amide bonds. The molecular formula is C30H33F2N7O3S. The van der Waals surface area contributed by atoms with Gasteiger partial charge in [0.05, 0.1) is 17.6 Å². The van der Waals surface area contributed by atoms with Crippen LogP contribution in [-0.2, 0) is 16.6 Å². The third kappa shape index (κ3) is 4.42. The van der Waals surface area contributed by atoms with Gasteiger partial charge in [-0.1, -0.05) is 0 Å². The van der Waals surface area contributed by atoms with E-state index in [1.807, 2.05) is 33.9 Å². The van der Waals surface area contributed by atoms with E-state index in [0.717, 1.165) is 67.2 Å². The average molecular weight is 610 g/mol. The molecule has 43 heavy (non-hydrogen) atoms. The van der Waals surface area contributed by atoms with Gasteiger partial charge in [-0.2, -0.15) is 13.1 Å². The first-order chi connectivity index (χ1) is 20.6. The molecule has 13 heteroatoms. The van der Waals surface area contributed by atoms with Crippen molar-refractivity contribution in [1.29, 1.82) is 0 Å². The maximum atomic E-state index is 13.8. The number of alkyl halides is 2. The zero-order valence-electron chi connectivity index (χ0n) is 23.7. The van der Waals surface area contributed by atoms with Crippen LogP contribution in [0.4, 0.5) is 14.6 Å². The van der Waals surface area contributed by atoms with Crippen LogP contribution in [-0.4, -0.2) is 69.6 Å². The summed E-state index contributed by atoms with van der Waals surface area (Å²) < 4.78 is 56.2. The Balaban J connectivity index is 1.24. The number of aromatic nitrogens is 4. The zero-order valence-corrected chi connectivity index (χ0v) is 24.6. The van der Waals surface area contributed by atoms with E-state index in [0.29, 0.717) is 47.7 Å². The van der Waals surface area contributed by atoms with Crippen LogP contribution in [0.15, 0.2) is 36.5 Å². The number of imidazole rings is 1. The first-order valence-corrected chi connectivity index (χ1v) is 16.8. The van der Waals surface area contributed by atoms with Crippen LogP contribution in [0, 0.1) is 11.8 Å². The highest BCUT2D eigenvalue weighted by atomic mass is 32.2. The van der Waals surface area contributed by atoms with Gasteiger partial charge in [-0.3, -0.25) is 4.79 Å². The molecule has 2 bridgehead atoms. The number of carbonyl (C=O) groups excluding carboxylic acids is 1. The summed E-state index contributed by atoms with van der Waals surface area (Å²) in [5.41, 5.74) is 10.7. The lowest BCUT2D eigenvalue weighted by Gasteiger charge is -2.27. The van der Waals surface area contributed by atoms with Crippen molar-refractivity contribution in [2.75, 3.05) is 17.1 Å². The first-order valence-electron chi connectivity index (χ1n) is 14.9. The Morgan fingerprint density at radius 1 is 1.09 bits per heavy atom. The number of likely N-dealkylation sites (tertiary alicyclic amines) is 1. The van der Waals surface area contributed by atoms with Crippen LogP contribution in [0.25, 0.3) is 28.1 Å². The van der Waals surface area contributed by atoms with Crippen molar-refractivity contribution in [1.82, 2.24) is 23.8 Å². The Labute approximate surface area is 247 Å². The van der Waals surface area contributed by atoms with Crippen molar-refractivity contribution in [2.45, 2.75) is 69.6 Å². The summed E-state index contributed by atoms with van der Waals surface area (Å²) >= 11 is 0. The topological polar surface area (TPSA) is 119 Å². The van der Waals surface area contributed by atoms with Gasteiger partial charge in [-0.15, -0.1) is 0 Å². The van der Waals surface area contributed by atoms with Gasteiger partial charge in [-0.25, -0.2) is 18.4 Å². The van der Waals surface area contributed by atoms with Crippen LogP contribution in [0.2, 0.25) is 0 Å². The maximum Gasteiger partial charge on any atom is 0.329 e. The van der Waals surface area contributed by atoms with Crippen LogP contribution < -0.4 is 10.0 Å². The fourth-order valence-electron chi connectivity index (χ4n) is 7.17. The normalized spacial score (nSPS) is 23.7. The number of amides is 1. The lowest BCUT2D eigenvalue weighted by Crippen LogP contribution is -2.41. The second kappa shape index (κ2) is 9.46. The second-order valence-corrected chi connectivity index (χ2v) is 14.6. The summed E-state index contributed by atoms with van der Waals surface area (Å²) in [7, 11) is -4.25. The Kier molecular flexibility index (Phi) is 5.94. The first kappa shape index (κ1) is 27.0. The number of anilines is 1. The predicted octanol–water partition coefficient (Wildman–Crippen LogP) is 4.19. The number of halogens is 2. The summed E-state index contributed by atoms with van der Waals surface area (Å²) in [5, 5.41) is 0.720. The van der Waals surface area contributed by atoms with Crippen molar-refractivity contribution in [3.05, 3.63) is 47.8 Å². The van der Waals surface area contributed by atoms with E-state index in [9.17, 15) is 22.0 Å². The molecule has 4 aromatic heterocycles. The van der Waals surface area contributed by atoms with Crippen LogP contribution in [0.1, 0.15) is 60.5 Å². The lowest BCUT2D eigenvalue weighted by atomic mass is 10.1. The van der Waals surface area contributed by atoms with E-state index in [4.69, 9.17) is 10.7 Å². The summed E-state index contributed by atoms with van der Waals surface area (Å²) in [4.78, 5) is 25.0. The number of hydrogen-bond donors (Lipinski definition) is 1. The number of nitrogens with two attached hydrogens (primary N) is 1. The molecule has 8 rings (SSSR count). The smallest absolute Gasteiger partial charge is 0.329 e. The molecule has 4 aromatic rings.